The zero-order chi connectivity index (χ0) is 8.72. The zero-order valence-corrected chi connectivity index (χ0v) is 8.21. The largest absolute Gasteiger partial charge is 0.360 e. The molecule has 1 aromatic carbocycles. The molecule has 1 nitrogen and oxygen atoms in total. The Labute approximate surface area is 81.7 Å². The van der Waals surface area contributed by atoms with Gasteiger partial charge in [0.15, 0.2) is 5.82 Å². The summed E-state index contributed by atoms with van der Waals surface area (Å²) >= 11 is 8.83. The molecule has 0 aliphatic heterocycles. The third-order valence-corrected chi connectivity index (χ3v) is 2.61. The van der Waals surface area contributed by atoms with E-state index in [-0.39, 0.29) is 10.8 Å². The van der Waals surface area contributed by atoms with Crippen molar-refractivity contribution in [2.45, 2.75) is 0 Å². The maximum absolute atomic E-state index is 13.3. The summed E-state index contributed by atoms with van der Waals surface area (Å²) in [6, 6.07) is 3.27. The molecule has 1 N–H and O–H groups in total. The van der Waals surface area contributed by atoms with Crippen LogP contribution < -0.4 is 0 Å². The first-order valence-corrected chi connectivity index (χ1v) is 4.48. The number of H-pyrrole nitrogens is 1. The molecular formula is C8H4BrClFN. The quantitative estimate of drug-likeness (QED) is 0.731. The third kappa shape index (κ3) is 1.04. The lowest BCUT2D eigenvalue weighted by Gasteiger charge is -1.95. The molecule has 12 heavy (non-hydrogen) atoms. The Bertz CT molecular complexity index is 438. The van der Waals surface area contributed by atoms with Gasteiger partial charge in [0.2, 0.25) is 0 Å². The Hall–Kier alpha value is -0.540. The van der Waals surface area contributed by atoms with Gasteiger partial charge in [0.1, 0.15) is 0 Å². The second kappa shape index (κ2) is 2.75. The van der Waals surface area contributed by atoms with Crippen molar-refractivity contribution < 1.29 is 4.39 Å². The van der Waals surface area contributed by atoms with Crippen LogP contribution in [0.15, 0.2) is 22.8 Å². The number of nitrogens with one attached hydrogen (secondary N) is 1. The van der Waals surface area contributed by atoms with Crippen LogP contribution in [0.2, 0.25) is 5.02 Å². The molecule has 1 aromatic heterocycles. The summed E-state index contributed by atoms with van der Waals surface area (Å²) in [5.74, 6) is -0.387. The van der Waals surface area contributed by atoms with E-state index >= 15 is 0 Å². The fraction of sp³-hybridized carbons (Fsp3) is 0. The van der Waals surface area contributed by atoms with Gasteiger partial charge in [-0.2, -0.15) is 0 Å². The van der Waals surface area contributed by atoms with Gasteiger partial charge in [0.25, 0.3) is 0 Å². The average Bonchev–Trinajstić information content (AvgIpc) is 2.41. The first-order valence-electron chi connectivity index (χ1n) is 3.30. The lowest BCUT2D eigenvalue weighted by molar-refractivity contribution is 0.640. The van der Waals surface area contributed by atoms with Gasteiger partial charge in [-0.3, -0.25) is 0 Å². The van der Waals surface area contributed by atoms with Gasteiger partial charge in [0, 0.05) is 16.2 Å². The number of aromatic amines is 1. The van der Waals surface area contributed by atoms with Crippen LogP contribution in [0.4, 0.5) is 4.39 Å². The molecule has 2 aromatic rings. The molecule has 0 atom stereocenters. The topological polar surface area (TPSA) is 15.8 Å². The first kappa shape index (κ1) is 8.08. The van der Waals surface area contributed by atoms with E-state index < -0.39 is 0 Å². The highest BCUT2D eigenvalue weighted by molar-refractivity contribution is 9.10. The number of fused-ring (bicyclic) bond motifs is 1. The van der Waals surface area contributed by atoms with Crippen molar-refractivity contribution in [2.75, 3.05) is 0 Å². The van der Waals surface area contributed by atoms with Crippen molar-refractivity contribution in [1.82, 2.24) is 4.98 Å². The second-order valence-corrected chi connectivity index (χ2v) is 3.68. The third-order valence-electron chi connectivity index (χ3n) is 1.69. The van der Waals surface area contributed by atoms with Crippen LogP contribution in [0.1, 0.15) is 0 Å². The number of hydrogen-bond acceptors (Lipinski definition) is 0. The van der Waals surface area contributed by atoms with Crippen molar-refractivity contribution >= 4 is 38.4 Å². The van der Waals surface area contributed by atoms with E-state index in [4.69, 9.17) is 11.6 Å². The van der Waals surface area contributed by atoms with Crippen LogP contribution >= 0.6 is 27.5 Å². The van der Waals surface area contributed by atoms with E-state index in [2.05, 4.69) is 20.9 Å². The summed E-state index contributed by atoms with van der Waals surface area (Å²) in [5, 5.41) is 0.644. The van der Waals surface area contributed by atoms with Crippen LogP contribution in [-0.2, 0) is 0 Å². The average molecular weight is 248 g/mol. The van der Waals surface area contributed by atoms with Crippen molar-refractivity contribution in [3.8, 4) is 0 Å². The number of hydrogen-bond donors (Lipinski definition) is 1. The molecule has 0 saturated heterocycles. The summed E-state index contributed by atoms with van der Waals surface area (Å²) in [4.78, 5) is 2.91. The Morgan fingerprint density at radius 3 is 2.92 bits per heavy atom. The van der Waals surface area contributed by atoms with Gasteiger partial charge in [-0.1, -0.05) is 11.6 Å². The highest BCUT2D eigenvalue weighted by Gasteiger charge is 2.09. The van der Waals surface area contributed by atoms with E-state index in [9.17, 15) is 4.39 Å². The zero-order valence-electron chi connectivity index (χ0n) is 5.87. The Balaban J connectivity index is 2.96. The van der Waals surface area contributed by atoms with E-state index in [1.807, 2.05) is 0 Å². The van der Waals surface area contributed by atoms with Crippen molar-refractivity contribution in [1.29, 1.82) is 0 Å². The van der Waals surface area contributed by atoms with E-state index in [0.29, 0.717) is 9.86 Å². The standard InChI is InChI=1S/C8H4BrClFN/c9-4-3-12-6-2-1-5(10)8(11)7(4)6/h1-3,12H. The van der Waals surface area contributed by atoms with Gasteiger partial charge in [-0.25, -0.2) is 4.39 Å². The van der Waals surface area contributed by atoms with E-state index in [1.165, 1.54) is 6.07 Å². The fourth-order valence-electron chi connectivity index (χ4n) is 1.12. The van der Waals surface area contributed by atoms with Gasteiger partial charge >= 0.3 is 0 Å². The number of aromatic nitrogens is 1. The summed E-state index contributed by atoms with van der Waals surface area (Å²) < 4.78 is 14.0. The Kier molecular flexibility index (Phi) is 1.85. The van der Waals surface area contributed by atoms with Gasteiger partial charge in [-0.05, 0) is 28.1 Å². The van der Waals surface area contributed by atoms with Crippen molar-refractivity contribution in [3.05, 3.63) is 33.6 Å². The molecule has 0 fully saturated rings. The van der Waals surface area contributed by atoms with Gasteiger partial charge in [-0.15, -0.1) is 0 Å². The van der Waals surface area contributed by atoms with Gasteiger partial charge < -0.3 is 4.98 Å². The number of rotatable bonds is 0. The molecule has 0 spiro atoms. The summed E-state index contributed by atoms with van der Waals surface area (Å²) in [5.41, 5.74) is 0.740. The lowest BCUT2D eigenvalue weighted by atomic mass is 10.2. The SMILES string of the molecule is Fc1c(Cl)ccc2[nH]cc(Br)c12. The Morgan fingerprint density at radius 2 is 2.17 bits per heavy atom. The maximum Gasteiger partial charge on any atom is 0.152 e. The Morgan fingerprint density at radius 1 is 1.42 bits per heavy atom. The van der Waals surface area contributed by atoms with E-state index in [1.54, 1.807) is 12.3 Å². The summed E-state index contributed by atoms with van der Waals surface area (Å²) in [6.07, 6.45) is 1.68. The van der Waals surface area contributed by atoms with Gasteiger partial charge in [0.05, 0.1) is 10.4 Å². The molecule has 4 heteroatoms. The molecular weight excluding hydrogens is 244 g/mol. The predicted octanol–water partition coefficient (Wildman–Crippen LogP) is 3.72. The second-order valence-electron chi connectivity index (χ2n) is 2.42. The molecule has 0 saturated carbocycles. The molecule has 2 rings (SSSR count). The molecule has 0 radical (unpaired) electrons. The minimum atomic E-state index is -0.387. The van der Waals surface area contributed by atoms with Crippen LogP contribution in [-0.4, -0.2) is 4.98 Å². The van der Waals surface area contributed by atoms with Crippen LogP contribution in [0.25, 0.3) is 10.9 Å². The molecule has 0 bridgehead atoms. The van der Waals surface area contributed by atoms with Crippen LogP contribution in [0, 0.1) is 5.82 Å². The maximum atomic E-state index is 13.3. The molecule has 62 valence electrons. The minimum absolute atomic E-state index is 0.141. The summed E-state index contributed by atoms with van der Waals surface area (Å²) in [7, 11) is 0. The lowest BCUT2D eigenvalue weighted by Crippen LogP contribution is -1.78. The van der Waals surface area contributed by atoms with Crippen LogP contribution in [0.3, 0.4) is 0 Å². The highest BCUT2D eigenvalue weighted by atomic mass is 79.9. The normalized spacial score (nSPS) is 10.9. The first-order chi connectivity index (χ1) is 5.70. The minimum Gasteiger partial charge on any atom is -0.360 e. The molecule has 0 amide bonds. The molecule has 0 unspecified atom stereocenters. The number of halogens is 3. The van der Waals surface area contributed by atoms with Crippen molar-refractivity contribution in [3.63, 3.8) is 0 Å². The smallest absolute Gasteiger partial charge is 0.152 e. The molecule has 1 heterocycles. The molecule has 0 aliphatic carbocycles. The fourth-order valence-corrected chi connectivity index (χ4v) is 1.78. The predicted molar refractivity (Wildman–Crippen MR) is 51.0 cm³/mol. The van der Waals surface area contributed by atoms with E-state index in [0.717, 1.165) is 5.52 Å². The number of benzene rings is 1. The van der Waals surface area contributed by atoms with Crippen molar-refractivity contribution in [2.24, 2.45) is 0 Å². The van der Waals surface area contributed by atoms with Crippen LogP contribution in [0.5, 0.6) is 0 Å². The molecule has 0 aliphatic rings. The monoisotopic (exact) mass is 247 g/mol. The summed E-state index contributed by atoms with van der Waals surface area (Å²) in [6.45, 7) is 0. The highest BCUT2D eigenvalue weighted by Crippen LogP contribution is 2.29.